The number of nitrogens with one attached hydrogen (secondary N) is 1. The number of H-pyrrole nitrogens is 1. The summed E-state index contributed by atoms with van der Waals surface area (Å²) in [7, 11) is 0. The molecule has 3 aromatic rings. The summed E-state index contributed by atoms with van der Waals surface area (Å²) in [6, 6.07) is 11.6. The minimum absolute atomic E-state index is 0.123. The van der Waals surface area contributed by atoms with Crippen molar-refractivity contribution >= 4 is 16.9 Å². The number of carboxylic acid groups (broad SMARTS) is 1. The zero-order valence-electron chi connectivity index (χ0n) is 11.0. The number of benzene rings is 2. The van der Waals surface area contributed by atoms with E-state index in [0.29, 0.717) is 11.1 Å². The van der Waals surface area contributed by atoms with Gasteiger partial charge in [-0.15, -0.1) is 0 Å². The molecule has 1 aromatic heterocycles. The highest BCUT2D eigenvalue weighted by Gasteiger charge is 2.13. The highest BCUT2D eigenvalue weighted by molar-refractivity contribution is 6.04. The Balaban J connectivity index is 1.92. The van der Waals surface area contributed by atoms with Crippen molar-refractivity contribution in [1.29, 1.82) is 0 Å². The first-order chi connectivity index (χ1) is 10.1. The molecule has 21 heavy (non-hydrogen) atoms. The first kappa shape index (κ1) is 13.1. The van der Waals surface area contributed by atoms with E-state index in [-0.39, 0.29) is 17.9 Å². The fourth-order valence-electron chi connectivity index (χ4n) is 2.28. The van der Waals surface area contributed by atoms with Gasteiger partial charge in [-0.25, -0.2) is 4.79 Å². The molecule has 0 radical (unpaired) electrons. The van der Waals surface area contributed by atoms with Crippen LogP contribution in [0.25, 0.3) is 10.9 Å². The molecule has 3 rings (SSSR count). The molecule has 0 atom stereocenters. The van der Waals surface area contributed by atoms with Crippen LogP contribution in [-0.4, -0.2) is 21.2 Å². The minimum Gasteiger partial charge on any atom is -0.508 e. The Kier molecular flexibility index (Phi) is 3.23. The molecular formula is C16H13NO4. The standard InChI is InChI=1S/C16H13NO4/c18-11-3-1-4-12(7-11)21-9-10-8-17-14-6-2-5-13(15(10)14)16(19)20/h1-8,17-18H,9H2,(H,19,20). The van der Waals surface area contributed by atoms with Crippen LogP contribution in [0.2, 0.25) is 0 Å². The van der Waals surface area contributed by atoms with Gasteiger partial charge in [-0.2, -0.15) is 0 Å². The molecule has 2 aromatic carbocycles. The molecule has 0 aliphatic heterocycles. The first-order valence-corrected chi connectivity index (χ1v) is 6.39. The molecule has 5 heteroatoms. The molecule has 0 fully saturated rings. The van der Waals surface area contributed by atoms with E-state index in [1.54, 1.807) is 36.5 Å². The van der Waals surface area contributed by atoms with Crippen molar-refractivity contribution in [3.63, 3.8) is 0 Å². The lowest BCUT2D eigenvalue weighted by atomic mass is 10.1. The number of hydrogen-bond acceptors (Lipinski definition) is 3. The Morgan fingerprint density at radius 3 is 2.76 bits per heavy atom. The van der Waals surface area contributed by atoms with Gasteiger partial charge in [-0.05, 0) is 24.3 Å². The smallest absolute Gasteiger partial charge is 0.336 e. The Labute approximate surface area is 120 Å². The van der Waals surface area contributed by atoms with Crippen LogP contribution < -0.4 is 4.74 Å². The highest BCUT2D eigenvalue weighted by Crippen LogP contribution is 2.25. The SMILES string of the molecule is O=C(O)c1cccc2[nH]cc(COc3cccc(O)c3)c12. The number of fused-ring (bicyclic) bond motifs is 1. The Morgan fingerprint density at radius 1 is 1.19 bits per heavy atom. The second-order valence-electron chi connectivity index (χ2n) is 4.63. The van der Waals surface area contributed by atoms with Crippen molar-refractivity contribution in [2.24, 2.45) is 0 Å². The maximum atomic E-state index is 11.3. The van der Waals surface area contributed by atoms with Crippen molar-refractivity contribution in [2.75, 3.05) is 0 Å². The molecule has 1 heterocycles. The van der Waals surface area contributed by atoms with Gasteiger partial charge in [0.1, 0.15) is 18.1 Å². The van der Waals surface area contributed by atoms with Crippen LogP contribution in [0, 0.1) is 0 Å². The molecule has 0 amide bonds. The summed E-state index contributed by atoms with van der Waals surface area (Å²) in [4.78, 5) is 14.3. The summed E-state index contributed by atoms with van der Waals surface area (Å²) in [5.41, 5.74) is 1.75. The maximum absolute atomic E-state index is 11.3. The second-order valence-corrected chi connectivity index (χ2v) is 4.63. The summed E-state index contributed by atoms with van der Waals surface area (Å²) >= 11 is 0. The topological polar surface area (TPSA) is 82.5 Å². The lowest BCUT2D eigenvalue weighted by Crippen LogP contribution is -2.00. The minimum atomic E-state index is -0.973. The van der Waals surface area contributed by atoms with Gasteiger partial charge < -0.3 is 19.9 Å². The van der Waals surface area contributed by atoms with Gasteiger partial charge in [0.2, 0.25) is 0 Å². The molecule has 0 bridgehead atoms. The number of phenols is 1. The lowest BCUT2D eigenvalue weighted by molar-refractivity contribution is 0.0699. The van der Waals surface area contributed by atoms with E-state index in [9.17, 15) is 15.0 Å². The van der Waals surface area contributed by atoms with Crippen LogP contribution in [-0.2, 0) is 6.61 Å². The predicted octanol–water partition coefficient (Wildman–Crippen LogP) is 3.15. The average Bonchev–Trinajstić information content (AvgIpc) is 2.88. The molecule has 0 unspecified atom stereocenters. The normalized spacial score (nSPS) is 10.7. The number of phenolic OH excluding ortho intramolecular Hbond substituents is 1. The summed E-state index contributed by atoms with van der Waals surface area (Å²) in [5.74, 6) is -0.325. The molecule has 0 saturated heterocycles. The van der Waals surface area contributed by atoms with Crippen molar-refractivity contribution in [1.82, 2.24) is 4.98 Å². The van der Waals surface area contributed by atoms with E-state index in [1.807, 2.05) is 6.07 Å². The third-order valence-corrected chi connectivity index (χ3v) is 3.23. The number of aromatic amines is 1. The number of ether oxygens (including phenoxy) is 1. The number of aromatic hydroxyl groups is 1. The van der Waals surface area contributed by atoms with Crippen LogP contribution in [0.15, 0.2) is 48.7 Å². The van der Waals surface area contributed by atoms with Crippen molar-refractivity contribution in [3.05, 3.63) is 59.8 Å². The number of aromatic nitrogens is 1. The van der Waals surface area contributed by atoms with Crippen molar-refractivity contribution in [2.45, 2.75) is 6.61 Å². The number of carbonyl (C=O) groups is 1. The fraction of sp³-hybridized carbons (Fsp3) is 0.0625. The van der Waals surface area contributed by atoms with Gasteiger partial charge in [-0.1, -0.05) is 12.1 Å². The van der Waals surface area contributed by atoms with Gasteiger partial charge in [0.05, 0.1) is 5.56 Å². The lowest BCUT2D eigenvalue weighted by Gasteiger charge is -2.06. The molecular weight excluding hydrogens is 270 g/mol. The summed E-state index contributed by atoms with van der Waals surface area (Å²) in [6.07, 6.45) is 1.74. The zero-order valence-corrected chi connectivity index (χ0v) is 11.0. The molecule has 0 saturated carbocycles. The van der Waals surface area contributed by atoms with E-state index in [0.717, 1.165) is 11.1 Å². The largest absolute Gasteiger partial charge is 0.508 e. The third kappa shape index (κ3) is 2.53. The molecule has 5 nitrogen and oxygen atoms in total. The van der Waals surface area contributed by atoms with Gasteiger partial charge in [0, 0.05) is 28.7 Å². The van der Waals surface area contributed by atoms with E-state index in [1.165, 1.54) is 6.07 Å². The Morgan fingerprint density at radius 2 is 2.00 bits per heavy atom. The summed E-state index contributed by atoms with van der Waals surface area (Å²) in [6.45, 7) is 0.216. The molecule has 106 valence electrons. The van der Waals surface area contributed by atoms with Crippen molar-refractivity contribution < 1.29 is 19.7 Å². The first-order valence-electron chi connectivity index (χ1n) is 6.39. The van der Waals surface area contributed by atoms with Crippen LogP contribution in [0.4, 0.5) is 0 Å². The third-order valence-electron chi connectivity index (χ3n) is 3.23. The van der Waals surface area contributed by atoms with E-state index in [4.69, 9.17) is 4.74 Å². The zero-order chi connectivity index (χ0) is 14.8. The average molecular weight is 283 g/mol. The quantitative estimate of drug-likeness (QED) is 0.687. The fourth-order valence-corrected chi connectivity index (χ4v) is 2.28. The van der Waals surface area contributed by atoms with E-state index >= 15 is 0 Å². The number of aromatic carboxylic acids is 1. The van der Waals surface area contributed by atoms with Crippen LogP contribution in [0.5, 0.6) is 11.5 Å². The number of rotatable bonds is 4. The van der Waals surface area contributed by atoms with E-state index < -0.39 is 5.97 Å². The summed E-state index contributed by atoms with van der Waals surface area (Å²) in [5, 5.41) is 19.3. The monoisotopic (exact) mass is 283 g/mol. The number of carboxylic acids is 1. The van der Waals surface area contributed by atoms with Gasteiger partial charge in [0.25, 0.3) is 0 Å². The number of hydrogen-bond donors (Lipinski definition) is 3. The van der Waals surface area contributed by atoms with E-state index in [2.05, 4.69) is 4.98 Å². The second kappa shape index (κ2) is 5.20. The predicted molar refractivity (Wildman–Crippen MR) is 77.7 cm³/mol. The maximum Gasteiger partial charge on any atom is 0.336 e. The van der Waals surface area contributed by atoms with Crippen LogP contribution in [0.1, 0.15) is 15.9 Å². The van der Waals surface area contributed by atoms with Crippen molar-refractivity contribution in [3.8, 4) is 11.5 Å². The Bertz CT molecular complexity index is 807. The van der Waals surface area contributed by atoms with Crippen LogP contribution in [0.3, 0.4) is 0 Å². The molecule has 0 spiro atoms. The molecule has 0 aliphatic carbocycles. The summed E-state index contributed by atoms with van der Waals surface area (Å²) < 4.78 is 5.60. The highest BCUT2D eigenvalue weighted by atomic mass is 16.5. The molecule has 3 N–H and O–H groups in total. The van der Waals surface area contributed by atoms with Crippen LogP contribution >= 0.6 is 0 Å². The van der Waals surface area contributed by atoms with Gasteiger partial charge in [0.15, 0.2) is 0 Å². The van der Waals surface area contributed by atoms with Gasteiger partial charge in [-0.3, -0.25) is 0 Å². The molecule has 0 aliphatic rings. The Hall–Kier alpha value is -2.95. The van der Waals surface area contributed by atoms with Gasteiger partial charge >= 0.3 is 5.97 Å².